The van der Waals surface area contributed by atoms with E-state index in [9.17, 15) is 8.42 Å². The lowest BCUT2D eigenvalue weighted by molar-refractivity contribution is 0.581. The molecule has 0 amide bonds. The molecule has 0 aliphatic heterocycles. The second-order valence-electron chi connectivity index (χ2n) is 4.36. The summed E-state index contributed by atoms with van der Waals surface area (Å²) in [4.78, 5) is 4.07. The molecular weight excluding hydrogens is 314 g/mol. The first-order chi connectivity index (χ1) is 10.0. The van der Waals surface area contributed by atoms with E-state index in [2.05, 4.69) is 25.2 Å². The van der Waals surface area contributed by atoms with Gasteiger partial charge in [-0.1, -0.05) is 17.7 Å². The van der Waals surface area contributed by atoms with Crippen molar-refractivity contribution in [3.63, 3.8) is 0 Å². The van der Waals surface area contributed by atoms with Crippen molar-refractivity contribution in [2.75, 3.05) is 13.6 Å². The Kier molecular flexibility index (Phi) is 5.29. The molecule has 1 aromatic heterocycles. The second-order valence-corrected chi connectivity index (χ2v) is 6.54. The van der Waals surface area contributed by atoms with E-state index in [1.54, 1.807) is 13.1 Å². The minimum Gasteiger partial charge on any atom is -0.316 e. The molecule has 0 radical (unpaired) electrons. The Bertz CT molecular complexity index is 688. The highest BCUT2D eigenvalue weighted by Crippen LogP contribution is 2.20. The van der Waals surface area contributed by atoms with Crippen molar-refractivity contribution in [2.45, 2.75) is 17.9 Å². The third-order valence-electron chi connectivity index (χ3n) is 2.82. The number of nitrogens with zero attached hydrogens (tertiary/aromatic N) is 2. The van der Waals surface area contributed by atoms with Crippen LogP contribution in [0.2, 0.25) is 5.02 Å². The molecule has 0 atom stereocenters. The van der Waals surface area contributed by atoms with Crippen LogP contribution in [0.5, 0.6) is 0 Å². The summed E-state index contributed by atoms with van der Waals surface area (Å²) in [6.07, 6.45) is 1.81. The first kappa shape index (κ1) is 15.9. The SMILES string of the molecule is CNCc1ccc(S(=O)(=O)NCCc2ncn[nH]2)cc1Cl. The van der Waals surface area contributed by atoms with E-state index in [1.807, 2.05) is 0 Å². The van der Waals surface area contributed by atoms with Gasteiger partial charge < -0.3 is 5.32 Å². The van der Waals surface area contributed by atoms with Crippen LogP contribution in [0.25, 0.3) is 0 Å². The first-order valence-corrected chi connectivity index (χ1v) is 8.16. The number of aromatic amines is 1. The number of rotatable bonds is 7. The van der Waals surface area contributed by atoms with E-state index >= 15 is 0 Å². The average molecular weight is 330 g/mol. The molecule has 9 heteroatoms. The molecule has 21 heavy (non-hydrogen) atoms. The summed E-state index contributed by atoms with van der Waals surface area (Å²) in [5.41, 5.74) is 0.847. The fourth-order valence-corrected chi connectivity index (χ4v) is 3.14. The van der Waals surface area contributed by atoms with Gasteiger partial charge in [0.25, 0.3) is 0 Å². The Morgan fingerprint density at radius 3 is 2.81 bits per heavy atom. The first-order valence-electron chi connectivity index (χ1n) is 6.30. The van der Waals surface area contributed by atoms with Crippen LogP contribution in [0.15, 0.2) is 29.4 Å². The van der Waals surface area contributed by atoms with Crippen LogP contribution in [0, 0.1) is 0 Å². The maximum absolute atomic E-state index is 12.2. The zero-order valence-corrected chi connectivity index (χ0v) is 13.0. The summed E-state index contributed by atoms with van der Waals surface area (Å²) in [5.74, 6) is 0.625. The van der Waals surface area contributed by atoms with Gasteiger partial charge in [0.05, 0.1) is 4.90 Å². The highest BCUT2D eigenvalue weighted by Gasteiger charge is 2.15. The standard InChI is InChI=1S/C12H16ClN5O2S/c1-14-7-9-2-3-10(6-11(9)13)21(19,20)17-5-4-12-15-8-16-18-12/h2-3,6,8,14,17H,4-5,7H2,1H3,(H,15,16,18). The van der Waals surface area contributed by atoms with Crippen molar-refractivity contribution in [1.29, 1.82) is 0 Å². The predicted octanol–water partition coefficient (Wildman–Crippen LogP) is 0.699. The number of hydrogen-bond acceptors (Lipinski definition) is 5. The van der Waals surface area contributed by atoms with E-state index in [1.165, 1.54) is 18.5 Å². The van der Waals surface area contributed by atoms with Gasteiger partial charge in [0.15, 0.2) is 0 Å². The lowest BCUT2D eigenvalue weighted by Gasteiger charge is -2.09. The molecule has 7 nitrogen and oxygen atoms in total. The van der Waals surface area contributed by atoms with Crippen molar-refractivity contribution in [2.24, 2.45) is 0 Å². The van der Waals surface area contributed by atoms with Crippen LogP contribution in [0.3, 0.4) is 0 Å². The van der Waals surface area contributed by atoms with Crippen molar-refractivity contribution in [3.8, 4) is 0 Å². The van der Waals surface area contributed by atoms with Gasteiger partial charge in [-0.05, 0) is 24.7 Å². The Balaban J connectivity index is 2.03. The molecular formula is C12H16ClN5O2S. The van der Waals surface area contributed by atoms with Gasteiger partial charge in [-0.25, -0.2) is 18.1 Å². The number of nitrogens with one attached hydrogen (secondary N) is 3. The smallest absolute Gasteiger partial charge is 0.240 e. The molecule has 0 aliphatic carbocycles. The Labute approximate surface area is 128 Å². The number of H-pyrrole nitrogens is 1. The van der Waals surface area contributed by atoms with Gasteiger partial charge >= 0.3 is 0 Å². The number of sulfonamides is 1. The lowest BCUT2D eigenvalue weighted by Crippen LogP contribution is -2.26. The van der Waals surface area contributed by atoms with Crippen molar-refractivity contribution in [3.05, 3.63) is 40.9 Å². The number of halogens is 1. The summed E-state index contributed by atoms with van der Waals surface area (Å²) in [6.45, 7) is 0.811. The molecule has 0 unspecified atom stereocenters. The van der Waals surface area contributed by atoms with Crippen molar-refractivity contribution in [1.82, 2.24) is 25.2 Å². The second kappa shape index (κ2) is 6.99. The maximum atomic E-state index is 12.2. The highest BCUT2D eigenvalue weighted by molar-refractivity contribution is 7.89. The number of benzene rings is 1. The van der Waals surface area contributed by atoms with Gasteiger partial charge in [-0.15, -0.1) is 0 Å². The summed E-state index contributed by atoms with van der Waals surface area (Å²) in [6, 6.07) is 4.68. The molecule has 0 spiro atoms. The molecule has 1 aromatic carbocycles. The van der Waals surface area contributed by atoms with Gasteiger partial charge in [-0.2, -0.15) is 5.10 Å². The molecule has 0 saturated carbocycles. The molecule has 3 N–H and O–H groups in total. The largest absolute Gasteiger partial charge is 0.316 e. The van der Waals surface area contributed by atoms with Gasteiger partial charge in [-0.3, -0.25) is 5.10 Å². The van der Waals surface area contributed by atoms with E-state index in [0.717, 1.165) is 5.56 Å². The summed E-state index contributed by atoms with van der Waals surface area (Å²) in [5, 5.41) is 9.75. The zero-order valence-electron chi connectivity index (χ0n) is 11.4. The van der Waals surface area contributed by atoms with Gasteiger partial charge in [0.1, 0.15) is 12.2 Å². The molecule has 0 saturated heterocycles. The fraction of sp³-hybridized carbons (Fsp3) is 0.333. The summed E-state index contributed by atoms with van der Waals surface area (Å²) >= 11 is 6.07. The molecule has 0 fully saturated rings. The Morgan fingerprint density at radius 2 is 2.19 bits per heavy atom. The monoisotopic (exact) mass is 329 g/mol. The van der Waals surface area contributed by atoms with Crippen LogP contribution < -0.4 is 10.0 Å². The van der Waals surface area contributed by atoms with Gasteiger partial charge in [0.2, 0.25) is 10.0 Å². The number of aromatic nitrogens is 3. The molecule has 0 aliphatic rings. The van der Waals surface area contributed by atoms with E-state index in [-0.39, 0.29) is 11.4 Å². The van der Waals surface area contributed by atoms with Crippen molar-refractivity contribution >= 4 is 21.6 Å². The van der Waals surface area contributed by atoms with Crippen molar-refractivity contribution < 1.29 is 8.42 Å². The summed E-state index contributed by atoms with van der Waals surface area (Å²) < 4.78 is 26.8. The molecule has 2 aromatic rings. The van der Waals surface area contributed by atoms with Crippen LogP contribution in [0.4, 0.5) is 0 Å². The minimum absolute atomic E-state index is 0.143. The molecule has 0 bridgehead atoms. The maximum Gasteiger partial charge on any atom is 0.240 e. The van der Waals surface area contributed by atoms with Crippen LogP contribution in [-0.4, -0.2) is 37.2 Å². The predicted molar refractivity (Wildman–Crippen MR) is 79.5 cm³/mol. The molecule has 2 rings (SSSR count). The van der Waals surface area contributed by atoms with Gasteiger partial charge in [0, 0.05) is 24.5 Å². The average Bonchev–Trinajstić information content (AvgIpc) is 2.94. The fourth-order valence-electron chi connectivity index (χ4n) is 1.77. The van der Waals surface area contributed by atoms with Crippen LogP contribution in [0.1, 0.15) is 11.4 Å². The van der Waals surface area contributed by atoms with E-state index in [0.29, 0.717) is 23.8 Å². The lowest BCUT2D eigenvalue weighted by atomic mass is 10.2. The highest BCUT2D eigenvalue weighted by atomic mass is 35.5. The Morgan fingerprint density at radius 1 is 1.38 bits per heavy atom. The third-order valence-corrected chi connectivity index (χ3v) is 4.63. The van der Waals surface area contributed by atoms with E-state index in [4.69, 9.17) is 11.6 Å². The van der Waals surface area contributed by atoms with Crippen LogP contribution in [-0.2, 0) is 23.0 Å². The molecule has 114 valence electrons. The molecule has 1 heterocycles. The normalized spacial score (nSPS) is 11.7. The topological polar surface area (TPSA) is 99.8 Å². The quantitative estimate of drug-likeness (QED) is 0.694. The van der Waals surface area contributed by atoms with E-state index < -0.39 is 10.0 Å². The van der Waals surface area contributed by atoms with Crippen LogP contribution >= 0.6 is 11.6 Å². The summed E-state index contributed by atoms with van der Waals surface area (Å²) in [7, 11) is -1.79. The Hall–Kier alpha value is -1.48. The number of hydrogen-bond donors (Lipinski definition) is 3. The zero-order chi connectivity index (χ0) is 15.3. The minimum atomic E-state index is -3.58. The third kappa shape index (κ3) is 4.24.